The van der Waals surface area contributed by atoms with Crippen molar-refractivity contribution in [3.05, 3.63) is 45.6 Å². The average Bonchev–Trinajstić information content (AvgIpc) is 3.05. The Morgan fingerprint density at radius 1 is 1.26 bits per heavy atom. The highest BCUT2D eigenvalue weighted by Crippen LogP contribution is 2.52. The maximum atomic E-state index is 12.2. The van der Waals surface area contributed by atoms with E-state index in [4.69, 9.17) is 4.42 Å². The van der Waals surface area contributed by atoms with Crippen molar-refractivity contribution in [2.75, 3.05) is 0 Å². The first kappa shape index (κ1) is 14.7. The summed E-state index contributed by atoms with van der Waals surface area (Å²) in [7, 11) is 0. The van der Waals surface area contributed by atoms with E-state index in [0.717, 1.165) is 36.2 Å². The number of fused-ring (bicyclic) bond motifs is 1. The summed E-state index contributed by atoms with van der Waals surface area (Å²) in [5.74, 6) is 2.90. The monoisotopic (exact) mass is 313 g/mol. The molecule has 4 heteroatoms. The minimum absolute atomic E-state index is 0.182. The van der Waals surface area contributed by atoms with Gasteiger partial charge in [0.2, 0.25) is 0 Å². The molecule has 4 nitrogen and oxygen atoms in total. The van der Waals surface area contributed by atoms with Crippen LogP contribution in [0.2, 0.25) is 0 Å². The van der Waals surface area contributed by atoms with Crippen molar-refractivity contribution in [2.45, 2.75) is 51.4 Å². The fourth-order valence-corrected chi connectivity index (χ4v) is 4.56. The fraction of sp³-hybridized carbons (Fsp3) is 0.579. The molecule has 2 heterocycles. The number of hydrogen-bond donors (Lipinski definition) is 1. The minimum Gasteiger partial charge on any atom is -0.427 e. The van der Waals surface area contributed by atoms with E-state index in [0.29, 0.717) is 23.4 Å². The Hall–Kier alpha value is -1.84. The third kappa shape index (κ3) is 2.87. The number of amides is 1. The van der Waals surface area contributed by atoms with Gasteiger partial charge in [0.15, 0.2) is 0 Å². The van der Waals surface area contributed by atoms with Crippen molar-refractivity contribution in [3.8, 4) is 0 Å². The zero-order chi connectivity index (χ0) is 16.0. The topological polar surface area (TPSA) is 59.3 Å². The number of carbonyl (C=O) groups excluding carboxylic acids is 1. The molecule has 1 aromatic heterocycles. The van der Waals surface area contributed by atoms with Gasteiger partial charge in [-0.25, -0.2) is 4.79 Å². The maximum absolute atomic E-state index is 12.2. The van der Waals surface area contributed by atoms with Gasteiger partial charge in [-0.05, 0) is 42.6 Å². The molecular formula is C19H23NO3. The average molecular weight is 313 g/mol. The Labute approximate surface area is 136 Å². The van der Waals surface area contributed by atoms with Crippen molar-refractivity contribution in [1.82, 2.24) is 5.32 Å². The molecule has 0 bridgehead atoms. The molecule has 1 unspecified atom stereocenters. The molecule has 0 saturated heterocycles. The summed E-state index contributed by atoms with van der Waals surface area (Å²) in [6, 6.07) is 1.50. The maximum Gasteiger partial charge on any atom is 0.336 e. The number of nitrogens with one attached hydrogen (secondary N) is 1. The van der Waals surface area contributed by atoms with Gasteiger partial charge in [-0.2, -0.15) is 0 Å². The first-order valence-corrected chi connectivity index (χ1v) is 8.77. The lowest BCUT2D eigenvalue weighted by Crippen LogP contribution is -2.32. The van der Waals surface area contributed by atoms with Gasteiger partial charge >= 0.3 is 5.63 Å². The molecule has 2 atom stereocenters. The predicted octanol–water partition coefficient (Wildman–Crippen LogP) is 3.20. The van der Waals surface area contributed by atoms with E-state index in [1.165, 1.54) is 38.2 Å². The number of carbonyl (C=O) groups is 1. The molecule has 2 fully saturated rings. The summed E-state index contributed by atoms with van der Waals surface area (Å²) in [4.78, 5) is 24.0. The molecule has 0 radical (unpaired) electrons. The van der Waals surface area contributed by atoms with Crippen LogP contribution in [0.15, 0.2) is 27.6 Å². The fourth-order valence-electron chi connectivity index (χ4n) is 4.56. The molecule has 4 rings (SSSR count). The second-order valence-electron chi connectivity index (χ2n) is 7.37. The summed E-state index contributed by atoms with van der Waals surface area (Å²) < 4.78 is 5.23. The molecule has 23 heavy (non-hydrogen) atoms. The molecule has 0 aromatic carbocycles. The van der Waals surface area contributed by atoms with Crippen molar-refractivity contribution in [2.24, 2.45) is 17.8 Å². The van der Waals surface area contributed by atoms with Gasteiger partial charge in [0.25, 0.3) is 5.91 Å². The lowest BCUT2D eigenvalue weighted by molar-refractivity contribution is 0.0952. The molecule has 122 valence electrons. The molecule has 2 saturated carbocycles. The second kappa shape index (κ2) is 5.66. The predicted molar refractivity (Wildman–Crippen MR) is 87.2 cm³/mol. The first-order chi connectivity index (χ1) is 11.1. The van der Waals surface area contributed by atoms with Gasteiger partial charge in [0.1, 0.15) is 5.76 Å². The summed E-state index contributed by atoms with van der Waals surface area (Å²) >= 11 is 0. The summed E-state index contributed by atoms with van der Waals surface area (Å²) in [6.07, 6.45) is 9.20. The molecule has 2 aliphatic carbocycles. The normalized spacial score (nSPS) is 27.0. The largest absolute Gasteiger partial charge is 0.427 e. The second-order valence-corrected chi connectivity index (χ2v) is 7.37. The lowest BCUT2D eigenvalue weighted by Gasteiger charge is -2.19. The highest BCUT2D eigenvalue weighted by Gasteiger charge is 2.43. The molecule has 0 spiro atoms. The molecular weight excluding hydrogens is 290 g/mol. The van der Waals surface area contributed by atoms with Crippen molar-refractivity contribution in [3.63, 3.8) is 0 Å². The van der Waals surface area contributed by atoms with Crippen LogP contribution in [0, 0.1) is 17.8 Å². The Bertz CT molecular complexity index is 712. The Kier molecular flexibility index (Phi) is 3.63. The highest BCUT2D eigenvalue weighted by atomic mass is 16.4. The van der Waals surface area contributed by atoms with Gasteiger partial charge in [-0.15, -0.1) is 0 Å². The third-order valence-corrected chi connectivity index (χ3v) is 5.77. The van der Waals surface area contributed by atoms with Crippen molar-refractivity contribution >= 4 is 5.91 Å². The van der Waals surface area contributed by atoms with E-state index < -0.39 is 0 Å². The van der Waals surface area contributed by atoms with Crippen LogP contribution < -0.4 is 10.9 Å². The van der Waals surface area contributed by atoms with E-state index in [-0.39, 0.29) is 11.5 Å². The summed E-state index contributed by atoms with van der Waals surface area (Å²) in [5, 5.41) is 2.76. The Morgan fingerprint density at radius 3 is 2.83 bits per heavy atom. The van der Waals surface area contributed by atoms with Crippen molar-refractivity contribution in [1.29, 1.82) is 0 Å². The molecule has 1 aliphatic heterocycles. The Morgan fingerprint density at radius 2 is 2.04 bits per heavy atom. The number of allylic oxidation sites excluding steroid dienone is 1. The van der Waals surface area contributed by atoms with Crippen LogP contribution in [-0.4, -0.2) is 5.91 Å². The van der Waals surface area contributed by atoms with Gasteiger partial charge in [0, 0.05) is 18.2 Å². The molecule has 1 N–H and O–H groups in total. The lowest BCUT2D eigenvalue weighted by atomic mass is 9.95. The SMILES string of the molecule is C=C1Cc2oc(=O)cc(CCC3C[C@H]3C3CCCC3)c2C(=O)N1. The molecule has 1 aromatic rings. The van der Waals surface area contributed by atoms with Gasteiger partial charge in [0.05, 0.1) is 5.56 Å². The third-order valence-electron chi connectivity index (χ3n) is 5.77. The molecule has 3 aliphatic rings. The van der Waals surface area contributed by atoms with Crippen LogP contribution >= 0.6 is 0 Å². The van der Waals surface area contributed by atoms with Crippen LogP contribution in [-0.2, 0) is 12.8 Å². The van der Waals surface area contributed by atoms with Crippen LogP contribution in [0.1, 0.15) is 60.2 Å². The van der Waals surface area contributed by atoms with E-state index in [1.54, 1.807) is 0 Å². The first-order valence-electron chi connectivity index (χ1n) is 8.77. The van der Waals surface area contributed by atoms with Crippen LogP contribution in [0.3, 0.4) is 0 Å². The van der Waals surface area contributed by atoms with E-state index >= 15 is 0 Å². The van der Waals surface area contributed by atoms with E-state index in [2.05, 4.69) is 11.9 Å². The zero-order valence-corrected chi connectivity index (χ0v) is 13.4. The summed E-state index contributed by atoms with van der Waals surface area (Å²) in [5.41, 5.74) is 1.64. The highest BCUT2D eigenvalue weighted by molar-refractivity contribution is 5.98. The quantitative estimate of drug-likeness (QED) is 0.928. The van der Waals surface area contributed by atoms with Crippen LogP contribution in [0.5, 0.6) is 0 Å². The van der Waals surface area contributed by atoms with E-state index in [1.807, 2.05) is 0 Å². The Balaban J connectivity index is 1.48. The number of rotatable bonds is 4. The number of aryl methyl sites for hydroxylation is 1. The van der Waals surface area contributed by atoms with Gasteiger partial charge in [-0.1, -0.05) is 32.3 Å². The standard InChI is InChI=1S/C19H23NO3/c1-11-8-16-18(19(22)20-11)14(10-17(21)23-16)7-6-13-9-15(13)12-4-2-3-5-12/h10,12-13,15H,1-9H2,(H,20,22)/t13?,15-/m0/s1. The minimum atomic E-state index is -0.357. The van der Waals surface area contributed by atoms with Gasteiger partial charge in [-0.3, -0.25) is 4.79 Å². The summed E-state index contributed by atoms with van der Waals surface area (Å²) in [6.45, 7) is 3.77. The number of hydrogen-bond acceptors (Lipinski definition) is 3. The van der Waals surface area contributed by atoms with E-state index in [9.17, 15) is 9.59 Å². The zero-order valence-electron chi connectivity index (χ0n) is 13.4. The van der Waals surface area contributed by atoms with Crippen LogP contribution in [0.25, 0.3) is 0 Å². The van der Waals surface area contributed by atoms with Crippen molar-refractivity contribution < 1.29 is 9.21 Å². The van der Waals surface area contributed by atoms with Crippen LogP contribution in [0.4, 0.5) is 0 Å². The smallest absolute Gasteiger partial charge is 0.336 e. The van der Waals surface area contributed by atoms with Gasteiger partial charge < -0.3 is 9.73 Å². The molecule has 1 amide bonds.